The van der Waals surface area contributed by atoms with Crippen molar-refractivity contribution < 1.29 is 14.2 Å². The lowest BCUT2D eigenvalue weighted by Gasteiger charge is -2.10. The standard InChI is InChI=1S/C21H29NO3/c1-3-5-13-24-21-8-6-7-18(16-21)17-22-19-9-11-20(12-10-19)25-15-14-23-4-2/h6-12,16,22H,3-5,13-15,17H2,1-2H3. The van der Waals surface area contributed by atoms with Gasteiger partial charge in [-0.15, -0.1) is 0 Å². The summed E-state index contributed by atoms with van der Waals surface area (Å²) in [5.74, 6) is 1.79. The molecular weight excluding hydrogens is 314 g/mol. The van der Waals surface area contributed by atoms with Crippen LogP contribution >= 0.6 is 0 Å². The van der Waals surface area contributed by atoms with Crippen LogP contribution in [0.5, 0.6) is 11.5 Å². The zero-order valence-electron chi connectivity index (χ0n) is 15.3. The molecule has 4 nitrogen and oxygen atoms in total. The quantitative estimate of drug-likeness (QED) is 0.557. The molecule has 0 amide bonds. The molecule has 1 N–H and O–H groups in total. The second-order valence-corrected chi connectivity index (χ2v) is 5.77. The van der Waals surface area contributed by atoms with Crippen molar-refractivity contribution in [1.82, 2.24) is 0 Å². The van der Waals surface area contributed by atoms with E-state index in [9.17, 15) is 0 Å². The Hall–Kier alpha value is -2.20. The summed E-state index contributed by atoms with van der Waals surface area (Å²) in [5.41, 5.74) is 2.26. The largest absolute Gasteiger partial charge is 0.494 e. The van der Waals surface area contributed by atoms with E-state index in [1.807, 2.05) is 43.3 Å². The van der Waals surface area contributed by atoms with Gasteiger partial charge < -0.3 is 19.5 Å². The van der Waals surface area contributed by atoms with Crippen molar-refractivity contribution in [3.05, 3.63) is 54.1 Å². The second-order valence-electron chi connectivity index (χ2n) is 5.77. The lowest BCUT2D eigenvalue weighted by Crippen LogP contribution is -2.06. The van der Waals surface area contributed by atoms with E-state index >= 15 is 0 Å². The maximum absolute atomic E-state index is 5.76. The van der Waals surface area contributed by atoms with Gasteiger partial charge in [-0.3, -0.25) is 0 Å². The summed E-state index contributed by atoms with van der Waals surface area (Å²) in [7, 11) is 0. The summed E-state index contributed by atoms with van der Waals surface area (Å²) in [4.78, 5) is 0. The number of ether oxygens (including phenoxy) is 3. The minimum Gasteiger partial charge on any atom is -0.494 e. The molecule has 0 unspecified atom stereocenters. The molecule has 4 heteroatoms. The van der Waals surface area contributed by atoms with Gasteiger partial charge in [0, 0.05) is 18.8 Å². The van der Waals surface area contributed by atoms with Crippen LogP contribution in [0.25, 0.3) is 0 Å². The molecule has 2 aromatic carbocycles. The van der Waals surface area contributed by atoms with Crippen molar-refractivity contribution in [2.75, 3.05) is 31.7 Å². The van der Waals surface area contributed by atoms with Crippen LogP contribution in [0.4, 0.5) is 5.69 Å². The zero-order chi connectivity index (χ0) is 17.7. The normalized spacial score (nSPS) is 10.5. The maximum Gasteiger partial charge on any atom is 0.119 e. The van der Waals surface area contributed by atoms with E-state index < -0.39 is 0 Å². The Bertz CT molecular complexity index is 598. The van der Waals surface area contributed by atoms with E-state index in [2.05, 4.69) is 24.4 Å². The molecule has 0 aliphatic rings. The summed E-state index contributed by atoms with van der Waals surface area (Å²) >= 11 is 0. The highest BCUT2D eigenvalue weighted by Crippen LogP contribution is 2.18. The van der Waals surface area contributed by atoms with Crippen LogP contribution < -0.4 is 14.8 Å². The molecule has 0 fully saturated rings. The van der Waals surface area contributed by atoms with Gasteiger partial charge in [-0.25, -0.2) is 0 Å². The van der Waals surface area contributed by atoms with E-state index in [0.29, 0.717) is 13.2 Å². The molecule has 0 atom stereocenters. The highest BCUT2D eigenvalue weighted by atomic mass is 16.5. The van der Waals surface area contributed by atoms with E-state index in [1.165, 1.54) is 5.56 Å². The van der Waals surface area contributed by atoms with Gasteiger partial charge in [-0.2, -0.15) is 0 Å². The van der Waals surface area contributed by atoms with Crippen molar-refractivity contribution in [3.63, 3.8) is 0 Å². The van der Waals surface area contributed by atoms with Crippen molar-refractivity contribution >= 4 is 5.69 Å². The van der Waals surface area contributed by atoms with Gasteiger partial charge in [0.25, 0.3) is 0 Å². The van der Waals surface area contributed by atoms with Gasteiger partial charge in [0.05, 0.1) is 13.2 Å². The number of nitrogens with one attached hydrogen (secondary N) is 1. The predicted octanol–water partition coefficient (Wildman–Crippen LogP) is 4.89. The van der Waals surface area contributed by atoms with Gasteiger partial charge >= 0.3 is 0 Å². The highest BCUT2D eigenvalue weighted by Gasteiger charge is 1.99. The summed E-state index contributed by atoms with van der Waals surface area (Å²) in [6.45, 7) is 7.59. The second kappa shape index (κ2) is 11.4. The summed E-state index contributed by atoms with van der Waals surface area (Å²) in [6, 6.07) is 16.2. The van der Waals surface area contributed by atoms with Crippen LogP contribution in [0.3, 0.4) is 0 Å². The number of rotatable bonds is 12. The fourth-order valence-electron chi connectivity index (χ4n) is 2.32. The number of benzene rings is 2. The molecule has 0 aliphatic carbocycles. The third-order valence-electron chi connectivity index (χ3n) is 3.72. The Labute approximate surface area is 151 Å². The fourth-order valence-corrected chi connectivity index (χ4v) is 2.32. The van der Waals surface area contributed by atoms with Gasteiger partial charge in [0.1, 0.15) is 18.1 Å². The monoisotopic (exact) mass is 343 g/mol. The van der Waals surface area contributed by atoms with Crippen LogP contribution in [0, 0.1) is 0 Å². The molecule has 0 saturated heterocycles. The van der Waals surface area contributed by atoms with Gasteiger partial charge in [-0.1, -0.05) is 25.5 Å². The summed E-state index contributed by atoms with van der Waals surface area (Å²) in [6.07, 6.45) is 2.23. The van der Waals surface area contributed by atoms with Crippen molar-refractivity contribution in [3.8, 4) is 11.5 Å². The van der Waals surface area contributed by atoms with E-state index in [0.717, 1.165) is 49.8 Å². The number of anilines is 1. The van der Waals surface area contributed by atoms with E-state index in [-0.39, 0.29) is 0 Å². The molecule has 0 aliphatic heterocycles. The van der Waals surface area contributed by atoms with Crippen LogP contribution in [-0.2, 0) is 11.3 Å². The molecule has 0 aromatic heterocycles. The number of hydrogen-bond acceptors (Lipinski definition) is 4. The van der Waals surface area contributed by atoms with Crippen LogP contribution in [0.1, 0.15) is 32.3 Å². The third kappa shape index (κ3) is 7.48. The lowest BCUT2D eigenvalue weighted by atomic mass is 10.2. The minimum absolute atomic E-state index is 0.575. The summed E-state index contributed by atoms with van der Waals surface area (Å²) < 4.78 is 16.6. The molecule has 136 valence electrons. The zero-order valence-corrected chi connectivity index (χ0v) is 15.3. The topological polar surface area (TPSA) is 39.7 Å². The average molecular weight is 343 g/mol. The van der Waals surface area contributed by atoms with Crippen LogP contribution in [0.15, 0.2) is 48.5 Å². The minimum atomic E-state index is 0.575. The Morgan fingerprint density at radius 3 is 2.40 bits per heavy atom. The van der Waals surface area contributed by atoms with E-state index in [1.54, 1.807) is 0 Å². The maximum atomic E-state index is 5.76. The van der Waals surface area contributed by atoms with Crippen molar-refractivity contribution in [2.24, 2.45) is 0 Å². The first-order valence-corrected chi connectivity index (χ1v) is 9.08. The van der Waals surface area contributed by atoms with Crippen molar-refractivity contribution in [1.29, 1.82) is 0 Å². The van der Waals surface area contributed by atoms with Gasteiger partial charge in [-0.05, 0) is 55.3 Å². The third-order valence-corrected chi connectivity index (χ3v) is 3.72. The molecule has 0 spiro atoms. The lowest BCUT2D eigenvalue weighted by molar-refractivity contribution is 0.110. The van der Waals surface area contributed by atoms with Gasteiger partial charge in [0.2, 0.25) is 0 Å². The first-order chi connectivity index (χ1) is 12.3. The fraction of sp³-hybridized carbons (Fsp3) is 0.429. The SMILES string of the molecule is CCCCOc1cccc(CNc2ccc(OCCOCC)cc2)c1. The molecule has 0 heterocycles. The Morgan fingerprint density at radius 1 is 0.840 bits per heavy atom. The molecule has 2 aromatic rings. The Kier molecular flexibility index (Phi) is 8.70. The smallest absolute Gasteiger partial charge is 0.119 e. The van der Waals surface area contributed by atoms with Crippen LogP contribution in [0.2, 0.25) is 0 Å². The Morgan fingerprint density at radius 2 is 1.64 bits per heavy atom. The average Bonchev–Trinajstić information content (AvgIpc) is 2.65. The molecule has 0 saturated carbocycles. The number of unbranched alkanes of at least 4 members (excludes halogenated alkanes) is 1. The molecule has 25 heavy (non-hydrogen) atoms. The van der Waals surface area contributed by atoms with Crippen LogP contribution in [-0.4, -0.2) is 26.4 Å². The highest BCUT2D eigenvalue weighted by molar-refractivity contribution is 5.47. The van der Waals surface area contributed by atoms with Gasteiger partial charge in [0.15, 0.2) is 0 Å². The molecule has 0 bridgehead atoms. The van der Waals surface area contributed by atoms with Crippen molar-refractivity contribution in [2.45, 2.75) is 33.2 Å². The molecular formula is C21H29NO3. The molecule has 2 rings (SSSR count). The predicted molar refractivity (Wildman–Crippen MR) is 103 cm³/mol. The first kappa shape index (κ1) is 19.1. The first-order valence-electron chi connectivity index (χ1n) is 9.08. The summed E-state index contributed by atoms with van der Waals surface area (Å²) in [5, 5.41) is 3.42. The molecule has 0 radical (unpaired) electrons. The number of hydrogen-bond donors (Lipinski definition) is 1. The Balaban J connectivity index is 1.77. The van der Waals surface area contributed by atoms with E-state index in [4.69, 9.17) is 14.2 Å².